The second-order valence-electron chi connectivity index (χ2n) is 6.79. The Bertz CT molecular complexity index is 413. The minimum absolute atomic E-state index is 0.254. The van der Waals surface area contributed by atoms with E-state index in [0.29, 0.717) is 5.92 Å². The number of hydrogen-bond acceptors (Lipinski definition) is 2. The first-order chi connectivity index (χ1) is 9.52. The molecule has 1 saturated heterocycles. The Hall–Kier alpha value is -0.860. The molecule has 1 aromatic carbocycles. The van der Waals surface area contributed by atoms with Crippen LogP contribution in [-0.4, -0.2) is 26.3 Å². The third-order valence-electron chi connectivity index (χ3n) is 4.30. The predicted octanol–water partition coefficient (Wildman–Crippen LogP) is 3.60. The van der Waals surface area contributed by atoms with Crippen LogP contribution in [0.1, 0.15) is 43.4 Å². The lowest BCUT2D eigenvalue weighted by atomic mass is 9.73. The molecule has 1 aromatic rings. The summed E-state index contributed by atoms with van der Waals surface area (Å²) in [6.45, 7) is 12.9. The zero-order chi connectivity index (χ0) is 14.6. The van der Waals surface area contributed by atoms with Gasteiger partial charge in [0.05, 0.1) is 0 Å². The molecule has 0 atom stereocenters. The molecule has 1 aliphatic rings. The normalized spacial score (nSPS) is 18.4. The number of ether oxygens (including phenoxy) is 1. The van der Waals surface area contributed by atoms with E-state index in [0.717, 1.165) is 39.1 Å². The van der Waals surface area contributed by atoms with Gasteiger partial charge in [0.15, 0.2) is 0 Å². The summed E-state index contributed by atoms with van der Waals surface area (Å²) >= 11 is 0. The summed E-state index contributed by atoms with van der Waals surface area (Å²) in [5.41, 5.74) is 4.49. The number of rotatable bonds is 5. The van der Waals surface area contributed by atoms with Crippen molar-refractivity contribution in [2.45, 2.75) is 46.0 Å². The maximum absolute atomic E-state index is 5.61. The molecule has 0 bridgehead atoms. The predicted molar refractivity (Wildman–Crippen MR) is 85.4 cm³/mol. The first kappa shape index (κ1) is 15.5. The van der Waals surface area contributed by atoms with Crippen LogP contribution in [0.25, 0.3) is 0 Å². The molecule has 2 rings (SSSR count). The summed E-state index contributed by atoms with van der Waals surface area (Å²) < 4.78 is 5.61. The molecule has 20 heavy (non-hydrogen) atoms. The molecule has 112 valence electrons. The summed E-state index contributed by atoms with van der Waals surface area (Å²) in [6, 6.07) is 7.00. The van der Waals surface area contributed by atoms with Crippen LogP contribution in [0.15, 0.2) is 18.2 Å². The van der Waals surface area contributed by atoms with Crippen LogP contribution in [0.5, 0.6) is 0 Å². The van der Waals surface area contributed by atoms with Gasteiger partial charge in [-0.25, -0.2) is 0 Å². The highest BCUT2D eigenvalue weighted by Crippen LogP contribution is 2.35. The summed E-state index contributed by atoms with van der Waals surface area (Å²) in [7, 11) is 0. The highest BCUT2D eigenvalue weighted by molar-refractivity contribution is 5.35. The van der Waals surface area contributed by atoms with E-state index in [4.69, 9.17) is 4.74 Å². The van der Waals surface area contributed by atoms with Crippen molar-refractivity contribution in [2.24, 2.45) is 5.92 Å². The van der Waals surface area contributed by atoms with Crippen LogP contribution in [0, 0.1) is 19.8 Å². The summed E-state index contributed by atoms with van der Waals surface area (Å²) in [6.07, 6.45) is 2.25. The van der Waals surface area contributed by atoms with E-state index < -0.39 is 0 Å². The average molecular weight is 275 g/mol. The Kier molecular flexibility index (Phi) is 5.22. The molecule has 0 radical (unpaired) electrons. The number of hydrogen-bond donors (Lipinski definition) is 1. The lowest BCUT2D eigenvalue weighted by Crippen LogP contribution is -2.43. The molecule has 0 aromatic heterocycles. The molecular weight excluding hydrogens is 246 g/mol. The fourth-order valence-corrected chi connectivity index (χ4v) is 3.21. The zero-order valence-corrected chi connectivity index (χ0v) is 13.5. The van der Waals surface area contributed by atoms with Crippen molar-refractivity contribution in [2.75, 3.05) is 26.3 Å². The molecule has 0 saturated carbocycles. The Morgan fingerprint density at radius 2 is 1.70 bits per heavy atom. The van der Waals surface area contributed by atoms with Gasteiger partial charge in [-0.05, 0) is 44.7 Å². The van der Waals surface area contributed by atoms with E-state index in [-0.39, 0.29) is 5.41 Å². The minimum atomic E-state index is 0.254. The highest BCUT2D eigenvalue weighted by Gasteiger charge is 2.34. The van der Waals surface area contributed by atoms with Crippen molar-refractivity contribution in [1.29, 1.82) is 0 Å². The first-order valence-electron chi connectivity index (χ1n) is 7.89. The third-order valence-corrected chi connectivity index (χ3v) is 4.30. The molecule has 0 amide bonds. The Balaban J connectivity index is 2.21. The van der Waals surface area contributed by atoms with Crippen LogP contribution in [0.2, 0.25) is 0 Å². The number of nitrogens with one attached hydrogen (secondary N) is 1. The van der Waals surface area contributed by atoms with E-state index >= 15 is 0 Å². The number of aryl methyl sites for hydroxylation is 2. The van der Waals surface area contributed by atoms with E-state index in [1.54, 1.807) is 0 Å². The second kappa shape index (κ2) is 6.73. The van der Waals surface area contributed by atoms with Crippen LogP contribution in [-0.2, 0) is 10.2 Å². The molecule has 0 aliphatic carbocycles. The standard InChI is InChI=1S/C18H29NO/c1-14(2)12-19-13-18(5-7-20-8-6-18)17-10-15(3)9-16(4)11-17/h9-11,14,19H,5-8,12-13H2,1-4H3. The molecule has 1 fully saturated rings. The van der Waals surface area contributed by atoms with Crippen LogP contribution >= 0.6 is 0 Å². The van der Waals surface area contributed by atoms with Crippen molar-refractivity contribution < 1.29 is 4.74 Å². The lowest BCUT2D eigenvalue weighted by Gasteiger charge is -2.38. The summed E-state index contributed by atoms with van der Waals surface area (Å²) in [5.74, 6) is 0.700. The van der Waals surface area contributed by atoms with Gasteiger partial charge in [-0.3, -0.25) is 0 Å². The van der Waals surface area contributed by atoms with Gasteiger partial charge in [0.25, 0.3) is 0 Å². The smallest absolute Gasteiger partial charge is 0.0475 e. The second-order valence-corrected chi connectivity index (χ2v) is 6.79. The quantitative estimate of drug-likeness (QED) is 0.886. The van der Waals surface area contributed by atoms with Crippen molar-refractivity contribution in [1.82, 2.24) is 5.32 Å². The zero-order valence-electron chi connectivity index (χ0n) is 13.5. The summed E-state index contributed by atoms with van der Waals surface area (Å²) in [5, 5.41) is 3.68. The van der Waals surface area contributed by atoms with Crippen LogP contribution in [0.4, 0.5) is 0 Å². The Labute approximate surface area is 123 Å². The Morgan fingerprint density at radius 1 is 1.10 bits per heavy atom. The van der Waals surface area contributed by atoms with E-state index in [1.807, 2.05) is 0 Å². The van der Waals surface area contributed by atoms with E-state index in [2.05, 4.69) is 51.2 Å². The molecule has 2 nitrogen and oxygen atoms in total. The molecule has 2 heteroatoms. The van der Waals surface area contributed by atoms with Gasteiger partial charge in [0.1, 0.15) is 0 Å². The van der Waals surface area contributed by atoms with Crippen LogP contribution < -0.4 is 5.32 Å². The Morgan fingerprint density at radius 3 is 2.25 bits per heavy atom. The van der Waals surface area contributed by atoms with Gasteiger partial charge in [-0.1, -0.05) is 43.2 Å². The molecule has 0 spiro atoms. The van der Waals surface area contributed by atoms with E-state index in [9.17, 15) is 0 Å². The largest absolute Gasteiger partial charge is 0.381 e. The fourth-order valence-electron chi connectivity index (χ4n) is 3.21. The fraction of sp³-hybridized carbons (Fsp3) is 0.667. The maximum Gasteiger partial charge on any atom is 0.0475 e. The van der Waals surface area contributed by atoms with Crippen molar-refractivity contribution >= 4 is 0 Å². The van der Waals surface area contributed by atoms with Gasteiger partial charge in [0, 0.05) is 25.2 Å². The molecule has 1 N–H and O–H groups in total. The molecule has 0 unspecified atom stereocenters. The maximum atomic E-state index is 5.61. The minimum Gasteiger partial charge on any atom is -0.381 e. The van der Waals surface area contributed by atoms with Crippen molar-refractivity contribution in [3.8, 4) is 0 Å². The van der Waals surface area contributed by atoms with Crippen molar-refractivity contribution in [3.63, 3.8) is 0 Å². The summed E-state index contributed by atoms with van der Waals surface area (Å²) in [4.78, 5) is 0. The van der Waals surface area contributed by atoms with Crippen LogP contribution in [0.3, 0.4) is 0 Å². The van der Waals surface area contributed by atoms with Gasteiger partial charge < -0.3 is 10.1 Å². The molecular formula is C18H29NO. The molecule has 1 aliphatic heterocycles. The number of benzene rings is 1. The van der Waals surface area contributed by atoms with Crippen molar-refractivity contribution in [3.05, 3.63) is 34.9 Å². The van der Waals surface area contributed by atoms with Gasteiger partial charge in [-0.15, -0.1) is 0 Å². The molecule has 1 heterocycles. The monoisotopic (exact) mass is 275 g/mol. The highest BCUT2D eigenvalue weighted by atomic mass is 16.5. The average Bonchev–Trinajstić information content (AvgIpc) is 2.38. The van der Waals surface area contributed by atoms with Gasteiger partial charge in [-0.2, -0.15) is 0 Å². The topological polar surface area (TPSA) is 21.3 Å². The SMILES string of the molecule is Cc1cc(C)cc(C2(CNCC(C)C)CCOCC2)c1. The van der Waals surface area contributed by atoms with E-state index in [1.165, 1.54) is 16.7 Å². The van der Waals surface area contributed by atoms with Gasteiger partial charge in [0.2, 0.25) is 0 Å². The van der Waals surface area contributed by atoms with Gasteiger partial charge >= 0.3 is 0 Å². The third kappa shape index (κ3) is 3.83. The lowest BCUT2D eigenvalue weighted by molar-refractivity contribution is 0.0496. The first-order valence-corrected chi connectivity index (χ1v) is 7.89.